The molecule has 0 saturated heterocycles. The normalized spacial score (nSPS) is 11.1. The Kier molecular flexibility index (Phi) is 6.56. The highest BCUT2D eigenvalue weighted by molar-refractivity contribution is 6.14. The summed E-state index contributed by atoms with van der Waals surface area (Å²) in [7, 11) is 0. The van der Waals surface area contributed by atoms with Gasteiger partial charge >= 0.3 is 0 Å². The van der Waals surface area contributed by atoms with E-state index < -0.39 is 0 Å². The number of hydrogen-bond donors (Lipinski definition) is 0. The van der Waals surface area contributed by atoms with Crippen LogP contribution in [0.15, 0.2) is 152 Å². The molecule has 9 aromatic rings. The first kappa shape index (κ1) is 28.8. The van der Waals surface area contributed by atoms with Crippen molar-refractivity contribution in [3.63, 3.8) is 0 Å². The Hall–Kier alpha value is -7.39. The van der Waals surface area contributed by atoms with Crippen molar-refractivity contribution in [3.05, 3.63) is 180 Å². The molecule has 0 N–H and O–H groups in total. The van der Waals surface area contributed by atoms with E-state index in [1.54, 1.807) is 0 Å². The van der Waals surface area contributed by atoms with Crippen LogP contribution in [0.2, 0.25) is 0 Å². The van der Waals surface area contributed by atoms with E-state index >= 15 is 0 Å². The standard InChI is InChI=1S/C45H25N5/c1-47-39-24-21-31(30-19-22-32(23-20-30)49-41-15-6-5-12-35(41)38-26-29(28-46)18-25-44(38)49)27-37(39)34-11-4-8-17-43(34)50-42-16-7-3-10-33(42)36-13-9-14-40(48-2)45(36)50/h3-27H. The molecule has 9 rings (SSSR count). The molecule has 0 atom stereocenters. The van der Waals surface area contributed by atoms with Crippen molar-refractivity contribution < 1.29 is 0 Å². The van der Waals surface area contributed by atoms with Crippen LogP contribution < -0.4 is 0 Å². The molecule has 0 amide bonds. The second kappa shape index (κ2) is 11.4. The lowest BCUT2D eigenvalue weighted by molar-refractivity contribution is 1.18. The van der Waals surface area contributed by atoms with Gasteiger partial charge in [-0.05, 0) is 76.2 Å². The fourth-order valence-electron chi connectivity index (χ4n) is 7.39. The van der Waals surface area contributed by atoms with Gasteiger partial charge in [-0.15, -0.1) is 0 Å². The van der Waals surface area contributed by atoms with Gasteiger partial charge in [0.15, 0.2) is 5.69 Å². The minimum Gasteiger partial charge on any atom is -0.318 e. The first-order valence-corrected chi connectivity index (χ1v) is 16.2. The molecule has 0 aliphatic heterocycles. The lowest BCUT2D eigenvalue weighted by Gasteiger charge is -2.17. The first-order chi connectivity index (χ1) is 24.7. The molecule has 0 unspecified atom stereocenters. The van der Waals surface area contributed by atoms with Gasteiger partial charge in [0.1, 0.15) is 0 Å². The molecule has 0 spiro atoms. The van der Waals surface area contributed by atoms with Gasteiger partial charge in [-0.2, -0.15) is 5.26 Å². The van der Waals surface area contributed by atoms with Crippen molar-refractivity contribution in [2.45, 2.75) is 0 Å². The Balaban J connectivity index is 1.20. The molecule has 50 heavy (non-hydrogen) atoms. The van der Waals surface area contributed by atoms with Crippen molar-refractivity contribution in [2.24, 2.45) is 0 Å². The van der Waals surface area contributed by atoms with Crippen LogP contribution in [-0.2, 0) is 0 Å². The summed E-state index contributed by atoms with van der Waals surface area (Å²) >= 11 is 0. The summed E-state index contributed by atoms with van der Waals surface area (Å²) in [6, 6.07) is 53.2. The molecule has 2 heterocycles. The van der Waals surface area contributed by atoms with E-state index in [-0.39, 0.29) is 0 Å². The van der Waals surface area contributed by atoms with Crippen LogP contribution in [0, 0.1) is 24.5 Å². The minimum atomic E-state index is 0.561. The maximum Gasteiger partial charge on any atom is 0.211 e. The highest BCUT2D eigenvalue weighted by Gasteiger charge is 2.19. The van der Waals surface area contributed by atoms with E-state index in [0.29, 0.717) is 16.9 Å². The van der Waals surface area contributed by atoms with Gasteiger partial charge in [-0.25, -0.2) is 9.69 Å². The SMILES string of the molecule is [C-]#[N+]c1ccc(-c2ccc(-n3c4ccccc4c4cc(C#N)ccc43)cc2)cc1-c1ccccc1-n1c2ccccc2c2cccc([N+]#[C-])c21. The quantitative estimate of drug-likeness (QED) is 0.177. The number of nitriles is 1. The van der Waals surface area contributed by atoms with E-state index in [9.17, 15) is 5.26 Å². The second-order valence-electron chi connectivity index (χ2n) is 12.2. The summed E-state index contributed by atoms with van der Waals surface area (Å²) in [6.07, 6.45) is 0. The summed E-state index contributed by atoms with van der Waals surface area (Å²) in [5, 5.41) is 13.8. The molecule has 2 aromatic heterocycles. The van der Waals surface area contributed by atoms with E-state index in [1.165, 1.54) is 0 Å². The monoisotopic (exact) mass is 635 g/mol. The predicted octanol–water partition coefficient (Wildman–Crippen LogP) is 12.2. The highest BCUT2D eigenvalue weighted by Crippen LogP contribution is 2.43. The molecule has 0 radical (unpaired) electrons. The number of benzene rings is 7. The molecule has 5 heteroatoms. The maximum absolute atomic E-state index is 9.54. The van der Waals surface area contributed by atoms with Gasteiger partial charge in [0.2, 0.25) is 5.69 Å². The maximum atomic E-state index is 9.54. The summed E-state index contributed by atoms with van der Waals surface area (Å²) in [5.41, 5.74) is 11.5. The van der Waals surface area contributed by atoms with Gasteiger partial charge in [-0.1, -0.05) is 103 Å². The Bertz CT molecular complexity index is 2960. The third-order valence-electron chi connectivity index (χ3n) is 9.61. The number of nitrogens with zero attached hydrogens (tertiary/aromatic N) is 5. The molecular formula is C45H25N5. The average Bonchev–Trinajstić information content (AvgIpc) is 3.70. The van der Waals surface area contributed by atoms with Crippen LogP contribution in [0.1, 0.15) is 5.56 Å². The molecule has 0 fully saturated rings. The lowest BCUT2D eigenvalue weighted by Crippen LogP contribution is -1.97. The van der Waals surface area contributed by atoms with Crippen LogP contribution >= 0.6 is 0 Å². The van der Waals surface area contributed by atoms with Gasteiger partial charge in [0.25, 0.3) is 0 Å². The Morgan fingerprint density at radius 1 is 0.480 bits per heavy atom. The van der Waals surface area contributed by atoms with Gasteiger partial charge in [0, 0.05) is 21.8 Å². The van der Waals surface area contributed by atoms with Crippen molar-refractivity contribution in [3.8, 4) is 39.7 Å². The molecule has 0 saturated carbocycles. The molecule has 0 aliphatic carbocycles. The summed E-state index contributed by atoms with van der Waals surface area (Å²) in [5.74, 6) is 0. The minimum absolute atomic E-state index is 0.561. The summed E-state index contributed by atoms with van der Waals surface area (Å²) in [6.45, 7) is 16.1. The fourth-order valence-corrected chi connectivity index (χ4v) is 7.39. The molecule has 0 aliphatic rings. The molecular weight excluding hydrogens is 611 g/mol. The van der Waals surface area contributed by atoms with Crippen LogP contribution in [0.25, 0.3) is 86.9 Å². The zero-order valence-corrected chi connectivity index (χ0v) is 26.7. The van der Waals surface area contributed by atoms with Crippen LogP contribution in [0.4, 0.5) is 11.4 Å². The molecule has 0 bridgehead atoms. The van der Waals surface area contributed by atoms with E-state index in [1.807, 2.05) is 78.9 Å². The fraction of sp³-hybridized carbons (Fsp3) is 0. The van der Waals surface area contributed by atoms with Crippen LogP contribution in [0.3, 0.4) is 0 Å². The molecule has 5 nitrogen and oxygen atoms in total. The van der Waals surface area contributed by atoms with E-state index in [0.717, 1.165) is 77.2 Å². The van der Waals surface area contributed by atoms with Crippen molar-refractivity contribution in [1.29, 1.82) is 5.26 Å². The Morgan fingerprint density at radius 2 is 1.12 bits per heavy atom. The molecule has 7 aromatic carbocycles. The Morgan fingerprint density at radius 3 is 1.88 bits per heavy atom. The largest absolute Gasteiger partial charge is 0.318 e. The second-order valence-corrected chi connectivity index (χ2v) is 12.2. The van der Waals surface area contributed by atoms with Crippen LogP contribution in [0.5, 0.6) is 0 Å². The number of hydrogen-bond acceptors (Lipinski definition) is 1. The summed E-state index contributed by atoms with van der Waals surface area (Å²) < 4.78 is 4.41. The van der Waals surface area contributed by atoms with E-state index in [2.05, 4.69) is 97.7 Å². The number of para-hydroxylation sites is 4. The number of fused-ring (bicyclic) bond motifs is 6. The average molecular weight is 636 g/mol. The van der Waals surface area contributed by atoms with Crippen molar-refractivity contribution in [2.75, 3.05) is 0 Å². The van der Waals surface area contributed by atoms with Crippen molar-refractivity contribution in [1.82, 2.24) is 9.13 Å². The smallest absolute Gasteiger partial charge is 0.211 e. The third-order valence-corrected chi connectivity index (χ3v) is 9.61. The zero-order valence-electron chi connectivity index (χ0n) is 26.7. The molecule has 230 valence electrons. The van der Waals surface area contributed by atoms with Gasteiger partial charge in [-0.3, -0.25) is 0 Å². The highest BCUT2D eigenvalue weighted by atomic mass is 15.0. The predicted molar refractivity (Wildman–Crippen MR) is 203 cm³/mol. The van der Waals surface area contributed by atoms with Gasteiger partial charge < -0.3 is 9.13 Å². The lowest BCUT2D eigenvalue weighted by atomic mass is 9.96. The Labute approximate surface area is 288 Å². The summed E-state index contributed by atoms with van der Waals surface area (Å²) in [4.78, 5) is 7.85. The van der Waals surface area contributed by atoms with Crippen molar-refractivity contribution >= 4 is 55.0 Å². The zero-order chi connectivity index (χ0) is 33.8. The number of rotatable bonds is 4. The topological polar surface area (TPSA) is 42.4 Å². The van der Waals surface area contributed by atoms with E-state index in [4.69, 9.17) is 13.1 Å². The first-order valence-electron chi connectivity index (χ1n) is 16.2. The van der Waals surface area contributed by atoms with Gasteiger partial charge in [0.05, 0.1) is 52.5 Å². The third kappa shape index (κ3) is 4.31. The van der Waals surface area contributed by atoms with Crippen LogP contribution in [-0.4, -0.2) is 9.13 Å². The number of aromatic nitrogens is 2.